The molecule has 0 aliphatic heterocycles. The number of aromatic nitrogens is 2. The first-order valence-corrected chi connectivity index (χ1v) is 6.85. The zero-order chi connectivity index (χ0) is 15.0. The molecule has 7 heteroatoms. The van der Waals surface area contributed by atoms with Crippen molar-refractivity contribution in [3.63, 3.8) is 0 Å². The van der Waals surface area contributed by atoms with Crippen LogP contribution in [0.3, 0.4) is 0 Å². The Morgan fingerprint density at radius 1 is 1.14 bits per heavy atom. The number of rotatable bonds is 2. The average molecular weight is 348 g/mol. The lowest BCUT2D eigenvalue weighted by Crippen LogP contribution is -2.12. The third kappa shape index (κ3) is 2.55. The molecule has 0 unspecified atom stereocenters. The summed E-state index contributed by atoms with van der Waals surface area (Å²) in [5.41, 5.74) is 1.62. The Morgan fingerprint density at radius 2 is 1.90 bits per heavy atom. The molecule has 0 fully saturated rings. The van der Waals surface area contributed by atoms with Gasteiger partial charge in [0.25, 0.3) is 5.91 Å². The van der Waals surface area contributed by atoms with Crippen LogP contribution >= 0.6 is 15.9 Å². The van der Waals surface area contributed by atoms with Crippen molar-refractivity contribution in [2.24, 2.45) is 0 Å². The third-order valence-corrected chi connectivity index (χ3v) is 3.65. The summed E-state index contributed by atoms with van der Waals surface area (Å²) in [6.45, 7) is 0. The Balaban J connectivity index is 1.92. The fourth-order valence-corrected chi connectivity index (χ4v) is 2.37. The minimum Gasteiger partial charge on any atom is -0.506 e. The molecule has 3 aromatic rings. The van der Waals surface area contributed by atoms with E-state index in [0.717, 1.165) is 0 Å². The number of halogens is 1. The van der Waals surface area contributed by atoms with Crippen LogP contribution < -0.4 is 11.0 Å². The van der Waals surface area contributed by atoms with E-state index in [1.807, 2.05) is 0 Å². The van der Waals surface area contributed by atoms with Crippen LogP contribution in [0, 0.1) is 0 Å². The standard InChI is InChI=1S/C14H10BrN3O3/c15-9-3-1-2-8(12(9)19)13(20)16-7-4-5-10-11(6-7)18-14(21)17-10/h1-6,19H,(H,16,20)(H2,17,18,21). The van der Waals surface area contributed by atoms with Crippen LogP contribution in [0.1, 0.15) is 10.4 Å². The number of carbonyl (C=O) groups excluding carboxylic acids is 1. The van der Waals surface area contributed by atoms with Gasteiger partial charge in [0.05, 0.1) is 21.1 Å². The van der Waals surface area contributed by atoms with Gasteiger partial charge in [0, 0.05) is 5.69 Å². The Bertz CT molecular complexity index is 898. The summed E-state index contributed by atoms with van der Waals surface area (Å²) in [5, 5.41) is 12.5. The SMILES string of the molecule is O=C(Nc1ccc2[nH]c(=O)[nH]c2c1)c1cccc(Br)c1O. The number of aromatic amines is 2. The molecule has 21 heavy (non-hydrogen) atoms. The molecule has 6 nitrogen and oxygen atoms in total. The summed E-state index contributed by atoms with van der Waals surface area (Å²) in [4.78, 5) is 28.6. The molecule has 0 radical (unpaired) electrons. The number of nitrogens with one attached hydrogen (secondary N) is 3. The van der Waals surface area contributed by atoms with Crippen LogP contribution in [-0.4, -0.2) is 21.0 Å². The number of hydrogen-bond donors (Lipinski definition) is 4. The van der Waals surface area contributed by atoms with Crippen molar-refractivity contribution in [1.82, 2.24) is 9.97 Å². The number of imidazole rings is 1. The summed E-state index contributed by atoms with van der Waals surface area (Å²) in [6, 6.07) is 9.81. The van der Waals surface area contributed by atoms with Crippen LogP contribution in [0.4, 0.5) is 5.69 Å². The van der Waals surface area contributed by atoms with Gasteiger partial charge in [-0.1, -0.05) is 6.07 Å². The Hall–Kier alpha value is -2.54. The molecular formula is C14H10BrN3O3. The monoisotopic (exact) mass is 347 g/mol. The summed E-state index contributed by atoms with van der Waals surface area (Å²) in [7, 11) is 0. The smallest absolute Gasteiger partial charge is 0.323 e. The summed E-state index contributed by atoms with van der Waals surface area (Å²) in [5.74, 6) is -0.558. The van der Waals surface area contributed by atoms with Gasteiger partial charge < -0.3 is 20.4 Å². The molecule has 0 saturated carbocycles. The Labute approximate surface area is 126 Å². The van der Waals surface area contributed by atoms with Gasteiger partial charge >= 0.3 is 5.69 Å². The van der Waals surface area contributed by atoms with E-state index in [-0.39, 0.29) is 17.0 Å². The summed E-state index contributed by atoms with van der Waals surface area (Å²) < 4.78 is 0.445. The predicted molar refractivity (Wildman–Crippen MR) is 82.7 cm³/mol. The van der Waals surface area contributed by atoms with E-state index < -0.39 is 5.91 Å². The lowest BCUT2D eigenvalue weighted by atomic mass is 10.2. The van der Waals surface area contributed by atoms with Gasteiger partial charge in [-0.3, -0.25) is 4.79 Å². The van der Waals surface area contributed by atoms with Crippen molar-refractivity contribution in [3.05, 3.63) is 56.9 Å². The quantitative estimate of drug-likeness (QED) is 0.573. The zero-order valence-corrected chi connectivity index (χ0v) is 12.2. The largest absolute Gasteiger partial charge is 0.506 e. The maximum atomic E-state index is 12.2. The molecule has 4 N–H and O–H groups in total. The minimum absolute atomic E-state index is 0.119. The highest BCUT2D eigenvalue weighted by atomic mass is 79.9. The van der Waals surface area contributed by atoms with Crippen LogP contribution in [0.15, 0.2) is 45.7 Å². The molecule has 0 aliphatic rings. The molecule has 0 atom stereocenters. The van der Waals surface area contributed by atoms with Gasteiger partial charge in [-0.05, 0) is 46.3 Å². The van der Waals surface area contributed by atoms with Crippen molar-refractivity contribution in [2.45, 2.75) is 0 Å². The minimum atomic E-state index is -0.439. The number of benzene rings is 2. The van der Waals surface area contributed by atoms with E-state index in [2.05, 4.69) is 31.2 Å². The average Bonchev–Trinajstić information content (AvgIpc) is 2.81. The van der Waals surface area contributed by atoms with Crippen molar-refractivity contribution in [2.75, 3.05) is 5.32 Å². The van der Waals surface area contributed by atoms with Crippen molar-refractivity contribution in [1.29, 1.82) is 0 Å². The van der Waals surface area contributed by atoms with Crippen molar-refractivity contribution >= 4 is 38.6 Å². The molecule has 0 bridgehead atoms. The Kier molecular flexibility index (Phi) is 3.26. The number of phenols is 1. The summed E-state index contributed by atoms with van der Waals surface area (Å²) >= 11 is 3.16. The first-order valence-electron chi connectivity index (χ1n) is 6.05. The van der Waals surface area contributed by atoms with Crippen LogP contribution in [0.2, 0.25) is 0 Å². The zero-order valence-electron chi connectivity index (χ0n) is 10.6. The lowest BCUT2D eigenvalue weighted by molar-refractivity contribution is 0.102. The van der Waals surface area contributed by atoms with Gasteiger partial charge in [0.1, 0.15) is 5.75 Å². The number of para-hydroxylation sites is 1. The Morgan fingerprint density at radius 3 is 2.71 bits per heavy atom. The topological polar surface area (TPSA) is 98.0 Å². The van der Waals surface area contributed by atoms with E-state index in [4.69, 9.17) is 0 Å². The molecule has 0 aliphatic carbocycles. The molecule has 0 spiro atoms. The molecule has 1 amide bonds. The number of fused-ring (bicyclic) bond motifs is 1. The van der Waals surface area contributed by atoms with Gasteiger partial charge in [-0.2, -0.15) is 0 Å². The normalized spacial score (nSPS) is 10.7. The maximum absolute atomic E-state index is 12.2. The number of phenolic OH excluding ortho intramolecular Hbond substituents is 1. The molecule has 1 aromatic heterocycles. The number of H-pyrrole nitrogens is 2. The van der Waals surface area contributed by atoms with Crippen LogP contribution in [0.5, 0.6) is 5.75 Å². The highest BCUT2D eigenvalue weighted by Crippen LogP contribution is 2.28. The molecule has 3 rings (SSSR count). The third-order valence-electron chi connectivity index (χ3n) is 3.01. The van der Waals surface area contributed by atoms with E-state index in [1.165, 1.54) is 6.07 Å². The number of aromatic hydroxyl groups is 1. The van der Waals surface area contributed by atoms with Gasteiger partial charge in [-0.15, -0.1) is 0 Å². The van der Waals surface area contributed by atoms with E-state index in [0.29, 0.717) is 21.2 Å². The van der Waals surface area contributed by atoms with Crippen molar-refractivity contribution in [3.8, 4) is 5.75 Å². The second kappa shape index (κ2) is 5.10. The van der Waals surface area contributed by atoms with Crippen molar-refractivity contribution < 1.29 is 9.90 Å². The second-order valence-corrected chi connectivity index (χ2v) is 5.28. The molecule has 1 heterocycles. The lowest BCUT2D eigenvalue weighted by Gasteiger charge is -2.07. The first-order chi connectivity index (χ1) is 10.0. The van der Waals surface area contributed by atoms with Gasteiger partial charge in [0.15, 0.2) is 0 Å². The van der Waals surface area contributed by atoms with Crippen LogP contribution in [-0.2, 0) is 0 Å². The number of anilines is 1. The molecule has 2 aromatic carbocycles. The fraction of sp³-hybridized carbons (Fsp3) is 0. The molecular weight excluding hydrogens is 338 g/mol. The number of carbonyl (C=O) groups is 1. The number of amides is 1. The first kappa shape index (κ1) is 13.4. The molecule has 0 saturated heterocycles. The van der Waals surface area contributed by atoms with Crippen LogP contribution in [0.25, 0.3) is 11.0 Å². The predicted octanol–water partition coefficient (Wildman–Crippen LogP) is 2.58. The van der Waals surface area contributed by atoms with E-state index in [1.54, 1.807) is 30.3 Å². The highest BCUT2D eigenvalue weighted by Gasteiger charge is 2.13. The number of hydrogen-bond acceptors (Lipinski definition) is 3. The highest BCUT2D eigenvalue weighted by molar-refractivity contribution is 9.10. The van der Waals surface area contributed by atoms with Gasteiger partial charge in [-0.25, -0.2) is 4.79 Å². The molecule has 106 valence electrons. The fourth-order valence-electron chi connectivity index (χ4n) is 2.01. The maximum Gasteiger partial charge on any atom is 0.323 e. The second-order valence-electron chi connectivity index (χ2n) is 4.43. The summed E-state index contributed by atoms with van der Waals surface area (Å²) in [6.07, 6.45) is 0. The van der Waals surface area contributed by atoms with E-state index >= 15 is 0 Å². The van der Waals surface area contributed by atoms with E-state index in [9.17, 15) is 14.7 Å². The van der Waals surface area contributed by atoms with Gasteiger partial charge in [0.2, 0.25) is 0 Å².